The summed E-state index contributed by atoms with van der Waals surface area (Å²) >= 11 is 0. The minimum Gasteiger partial charge on any atom is -0.387 e. The van der Waals surface area contributed by atoms with Gasteiger partial charge in [0.25, 0.3) is 0 Å². The zero-order valence-electron chi connectivity index (χ0n) is 25.9. The number of hydrogen-bond acceptors (Lipinski definition) is 6. The molecular weight excluding hydrogens is 584 g/mol. The summed E-state index contributed by atoms with van der Waals surface area (Å²) in [6, 6.07) is 10.5. The summed E-state index contributed by atoms with van der Waals surface area (Å²) in [7, 11) is 0. The molecule has 0 saturated heterocycles. The topological polar surface area (TPSA) is 169 Å². The Hall–Kier alpha value is -4.36. The maximum absolute atomic E-state index is 14.9. The Bertz CT molecular complexity index is 1440. The Morgan fingerprint density at radius 2 is 1.73 bits per heavy atom. The molecule has 0 aliphatic heterocycles. The van der Waals surface area contributed by atoms with Crippen molar-refractivity contribution < 1.29 is 28.3 Å². The molecule has 13 heteroatoms. The number of nitrogens with zero attached hydrogens (tertiary/aromatic N) is 3. The van der Waals surface area contributed by atoms with Crippen LogP contribution in [0.15, 0.2) is 54.7 Å². The molecule has 2 atom stereocenters. The van der Waals surface area contributed by atoms with E-state index in [-0.39, 0.29) is 30.3 Å². The Kier molecular flexibility index (Phi) is 12.6. The largest absolute Gasteiger partial charge is 0.387 e. The predicted octanol–water partition coefficient (Wildman–Crippen LogP) is 3.07. The molecule has 0 bridgehead atoms. The van der Waals surface area contributed by atoms with Gasteiger partial charge in [0.15, 0.2) is 0 Å². The Morgan fingerprint density at radius 1 is 1.04 bits per heavy atom. The van der Waals surface area contributed by atoms with E-state index in [0.717, 1.165) is 23.8 Å². The number of aliphatic hydroxyl groups is 1. The van der Waals surface area contributed by atoms with Crippen molar-refractivity contribution in [1.82, 2.24) is 25.1 Å². The second kappa shape index (κ2) is 16.1. The number of primary amides is 1. The number of amides is 4. The summed E-state index contributed by atoms with van der Waals surface area (Å²) in [6.45, 7) is 6.02. The number of carbonyl (C=O) groups excluding carboxylic acids is 3. The first-order valence-electron chi connectivity index (χ1n) is 14.8. The van der Waals surface area contributed by atoms with Crippen LogP contribution in [0.2, 0.25) is 0 Å². The third-order valence-electron chi connectivity index (χ3n) is 7.24. The molecule has 1 heterocycles. The molecule has 1 aromatic heterocycles. The van der Waals surface area contributed by atoms with Gasteiger partial charge in [0.05, 0.1) is 17.8 Å². The van der Waals surface area contributed by atoms with Gasteiger partial charge in [0.2, 0.25) is 11.8 Å². The fourth-order valence-electron chi connectivity index (χ4n) is 5.12. The number of halogens is 2. The Labute approximate surface area is 262 Å². The highest BCUT2D eigenvalue weighted by molar-refractivity contribution is 5.81. The van der Waals surface area contributed by atoms with E-state index < -0.39 is 47.7 Å². The molecule has 0 radical (unpaired) electrons. The van der Waals surface area contributed by atoms with E-state index in [2.05, 4.69) is 10.6 Å². The second-order valence-electron chi connectivity index (χ2n) is 11.9. The summed E-state index contributed by atoms with van der Waals surface area (Å²) < 4.78 is 30.8. The molecule has 0 aliphatic rings. The maximum atomic E-state index is 14.9. The molecule has 244 valence electrons. The van der Waals surface area contributed by atoms with Crippen molar-refractivity contribution in [2.75, 3.05) is 26.2 Å². The van der Waals surface area contributed by atoms with Crippen LogP contribution < -0.4 is 22.1 Å². The lowest BCUT2D eigenvalue weighted by molar-refractivity contribution is -0.139. The molecular formula is C32H43F2N7O4. The van der Waals surface area contributed by atoms with Crippen LogP contribution in [-0.4, -0.2) is 69.7 Å². The quantitative estimate of drug-likeness (QED) is 0.162. The molecule has 11 nitrogen and oxygen atoms in total. The average molecular weight is 628 g/mol. The zero-order chi connectivity index (χ0) is 33.1. The fraction of sp³-hybridized carbons (Fsp3) is 0.438. The van der Waals surface area contributed by atoms with Crippen LogP contribution in [0.5, 0.6) is 0 Å². The van der Waals surface area contributed by atoms with Gasteiger partial charge < -0.3 is 36.7 Å². The molecule has 0 aliphatic carbocycles. The molecule has 0 unspecified atom stereocenters. The molecule has 4 amide bonds. The summed E-state index contributed by atoms with van der Waals surface area (Å²) in [5, 5.41) is 15.2. The van der Waals surface area contributed by atoms with Crippen molar-refractivity contribution in [2.45, 2.75) is 58.7 Å². The van der Waals surface area contributed by atoms with Crippen LogP contribution in [0.25, 0.3) is 11.3 Å². The van der Waals surface area contributed by atoms with Crippen molar-refractivity contribution in [2.24, 2.45) is 16.9 Å². The zero-order valence-corrected chi connectivity index (χ0v) is 25.9. The molecule has 3 aromatic rings. The minimum atomic E-state index is -0.788. The van der Waals surface area contributed by atoms with Gasteiger partial charge in [0.1, 0.15) is 24.1 Å². The van der Waals surface area contributed by atoms with Crippen LogP contribution in [0, 0.1) is 17.0 Å². The summed E-state index contributed by atoms with van der Waals surface area (Å²) in [4.78, 5) is 42.8. The highest BCUT2D eigenvalue weighted by Gasteiger charge is 2.38. The first-order chi connectivity index (χ1) is 21.3. The van der Waals surface area contributed by atoms with E-state index in [9.17, 15) is 28.3 Å². The van der Waals surface area contributed by atoms with Crippen molar-refractivity contribution in [3.8, 4) is 11.3 Å². The number of hydrogen-bond donors (Lipinski definition) is 5. The number of nitrogens with two attached hydrogens (primary N) is 2. The Morgan fingerprint density at radius 3 is 2.38 bits per heavy atom. The lowest BCUT2D eigenvalue weighted by Gasteiger charge is -2.40. The SMILES string of the molecule is CC(C)(C)[C@H](c1nc(-c2cc(F)ccc2F)cn1Cc1ccccc1)N(CCCNC(=O)[C@@H](N)CCCNC(N)=O)C(=O)CO. The number of carbonyl (C=O) groups is 3. The number of aromatic nitrogens is 2. The van der Waals surface area contributed by atoms with Crippen LogP contribution in [-0.2, 0) is 16.1 Å². The van der Waals surface area contributed by atoms with E-state index >= 15 is 0 Å². The normalized spacial score (nSPS) is 12.8. The van der Waals surface area contributed by atoms with Gasteiger partial charge in [-0.2, -0.15) is 0 Å². The number of rotatable bonds is 15. The van der Waals surface area contributed by atoms with Gasteiger partial charge >= 0.3 is 6.03 Å². The van der Waals surface area contributed by atoms with Crippen LogP contribution in [0.1, 0.15) is 57.5 Å². The van der Waals surface area contributed by atoms with Crippen molar-refractivity contribution >= 4 is 17.8 Å². The third-order valence-corrected chi connectivity index (χ3v) is 7.24. The number of benzene rings is 2. The van der Waals surface area contributed by atoms with Gasteiger partial charge in [-0.05, 0) is 48.4 Å². The van der Waals surface area contributed by atoms with Crippen molar-refractivity contribution in [1.29, 1.82) is 0 Å². The molecule has 0 saturated carbocycles. The molecule has 7 N–H and O–H groups in total. The monoisotopic (exact) mass is 627 g/mol. The van der Waals surface area contributed by atoms with Crippen molar-refractivity contribution in [3.63, 3.8) is 0 Å². The lowest BCUT2D eigenvalue weighted by Crippen LogP contribution is -2.46. The molecule has 0 spiro atoms. The van der Waals surface area contributed by atoms with Gasteiger partial charge in [-0.3, -0.25) is 9.59 Å². The first-order valence-corrected chi connectivity index (χ1v) is 14.8. The summed E-state index contributed by atoms with van der Waals surface area (Å²) in [6.07, 6.45) is 2.79. The van der Waals surface area contributed by atoms with E-state index in [4.69, 9.17) is 16.5 Å². The summed E-state index contributed by atoms with van der Waals surface area (Å²) in [5.41, 5.74) is 11.5. The standard InChI is InChI=1S/C32H43F2N7O4/c1-32(2,3)28(41(27(43)20-42)16-8-15-37-30(44)25(35)11-7-14-38-31(36)45)29-39-26(23-17-22(33)12-13-24(23)34)19-40(29)18-21-9-5-4-6-10-21/h4-6,9-10,12-13,17,19,25,28,42H,7-8,11,14-16,18,20,35H2,1-3H3,(H,37,44)(H3,36,38,45)/t25-,28-/m0/s1. The second-order valence-corrected chi connectivity index (χ2v) is 11.9. The molecule has 3 rings (SSSR count). The predicted molar refractivity (Wildman–Crippen MR) is 167 cm³/mol. The van der Waals surface area contributed by atoms with Crippen LogP contribution >= 0.6 is 0 Å². The molecule has 45 heavy (non-hydrogen) atoms. The van der Waals surface area contributed by atoms with Crippen molar-refractivity contribution in [3.05, 3.63) is 77.8 Å². The van der Waals surface area contributed by atoms with Crippen LogP contribution in [0.3, 0.4) is 0 Å². The van der Waals surface area contributed by atoms with E-state index in [0.29, 0.717) is 38.2 Å². The molecule has 2 aromatic carbocycles. The van der Waals surface area contributed by atoms with Crippen LogP contribution in [0.4, 0.5) is 13.6 Å². The minimum absolute atomic E-state index is 0.0137. The van der Waals surface area contributed by atoms with E-state index in [1.54, 1.807) is 6.20 Å². The average Bonchev–Trinajstić information content (AvgIpc) is 3.39. The van der Waals surface area contributed by atoms with E-state index in [1.807, 2.05) is 55.7 Å². The maximum Gasteiger partial charge on any atom is 0.312 e. The number of imidazole rings is 1. The highest BCUT2D eigenvalue weighted by atomic mass is 19.1. The number of urea groups is 1. The smallest absolute Gasteiger partial charge is 0.312 e. The highest BCUT2D eigenvalue weighted by Crippen LogP contribution is 2.39. The summed E-state index contributed by atoms with van der Waals surface area (Å²) in [5.74, 6) is -1.74. The van der Waals surface area contributed by atoms with E-state index in [1.165, 1.54) is 4.90 Å². The third kappa shape index (κ3) is 10.1. The fourth-order valence-corrected chi connectivity index (χ4v) is 5.12. The number of nitrogens with one attached hydrogen (secondary N) is 2. The van der Waals surface area contributed by atoms with Gasteiger partial charge in [-0.15, -0.1) is 0 Å². The van der Waals surface area contributed by atoms with Gasteiger partial charge in [-0.1, -0.05) is 51.1 Å². The lowest BCUT2D eigenvalue weighted by atomic mass is 9.84. The Balaban J connectivity index is 1.88. The van der Waals surface area contributed by atoms with Gasteiger partial charge in [0, 0.05) is 37.9 Å². The number of aliphatic hydroxyl groups excluding tert-OH is 1. The molecule has 0 fully saturated rings. The van der Waals surface area contributed by atoms with Gasteiger partial charge in [-0.25, -0.2) is 18.6 Å². The first kappa shape index (κ1) is 35.1.